The average molecular weight is 346 g/mol. The van der Waals surface area contributed by atoms with E-state index >= 15 is 0 Å². The van der Waals surface area contributed by atoms with Gasteiger partial charge < -0.3 is 10.6 Å². The zero-order valence-electron chi connectivity index (χ0n) is 11.2. The van der Waals surface area contributed by atoms with Crippen molar-refractivity contribution >= 4 is 52.1 Å². The first kappa shape index (κ1) is 16.5. The summed E-state index contributed by atoms with van der Waals surface area (Å²) in [5.41, 5.74) is 0.522. The molecule has 2 aliphatic rings. The lowest BCUT2D eigenvalue weighted by molar-refractivity contribution is 0.0926. The first-order valence-corrected chi connectivity index (χ1v) is 7.58. The molecule has 2 aromatic heterocycles. The lowest BCUT2D eigenvalue weighted by Gasteiger charge is -2.21. The highest BCUT2D eigenvalue weighted by atomic mass is 35.5. The number of thiophene rings is 1. The maximum absolute atomic E-state index is 12.2. The van der Waals surface area contributed by atoms with E-state index in [2.05, 4.69) is 15.6 Å². The lowest BCUT2D eigenvalue weighted by atomic mass is 9.95. The van der Waals surface area contributed by atoms with Crippen LogP contribution < -0.4 is 10.6 Å². The number of nitrogens with zero attached hydrogens (tertiary/aromatic N) is 1. The number of carbonyl (C=O) groups excluding carboxylic acids is 1. The van der Waals surface area contributed by atoms with E-state index in [9.17, 15) is 4.79 Å². The minimum atomic E-state index is -0.0487. The van der Waals surface area contributed by atoms with Crippen molar-refractivity contribution < 1.29 is 4.79 Å². The fraction of sp³-hybridized carbons (Fsp3) is 0.429. The number of rotatable bonds is 2. The van der Waals surface area contributed by atoms with Crippen LogP contribution in [0.1, 0.15) is 29.8 Å². The first-order valence-electron chi connectivity index (χ1n) is 6.70. The Morgan fingerprint density at radius 3 is 2.95 bits per heavy atom. The van der Waals surface area contributed by atoms with Gasteiger partial charge in [-0.3, -0.25) is 4.79 Å². The lowest BCUT2D eigenvalue weighted by Crippen LogP contribution is -2.43. The fourth-order valence-corrected chi connectivity index (χ4v) is 3.96. The SMILES string of the molecule is Cl.Cl.O=C(N[C@@H]1C[C@H]2CC[C@@H]1N2)c1cc2ccsc2cn1. The Labute approximate surface area is 139 Å². The van der Waals surface area contributed by atoms with Crippen molar-refractivity contribution in [2.75, 3.05) is 0 Å². The van der Waals surface area contributed by atoms with Crippen LogP contribution in [0.4, 0.5) is 0 Å². The Bertz CT molecular complexity index is 648. The minimum Gasteiger partial charge on any atom is -0.346 e. The van der Waals surface area contributed by atoms with E-state index in [1.807, 2.05) is 17.5 Å². The number of halogens is 2. The zero-order valence-corrected chi connectivity index (χ0v) is 13.7. The monoisotopic (exact) mass is 345 g/mol. The van der Waals surface area contributed by atoms with Gasteiger partial charge in [0, 0.05) is 24.3 Å². The smallest absolute Gasteiger partial charge is 0.270 e. The molecule has 0 radical (unpaired) electrons. The second kappa shape index (κ2) is 6.48. The molecule has 0 unspecified atom stereocenters. The van der Waals surface area contributed by atoms with E-state index in [0.29, 0.717) is 17.8 Å². The summed E-state index contributed by atoms with van der Waals surface area (Å²) in [4.78, 5) is 16.5. The Kier molecular flexibility index (Phi) is 5.09. The van der Waals surface area contributed by atoms with Crippen molar-refractivity contribution in [1.29, 1.82) is 0 Å². The van der Waals surface area contributed by atoms with Gasteiger partial charge in [0.1, 0.15) is 5.69 Å². The molecule has 0 aliphatic carbocycles. The van der Waals surface area contributed by atoms with Crippen LogP contribution in [-0.4, -0.2) is 29.0 Å². The molecule has 114 valence electrons. The van der Waals surface area contributed by atoms with Gasteiger partial charge >= 0.3 is 0 Å². The molecule has 2 N–H and O–H groups in total. The van der Waals surface area contributed by atoms with E-state index in [1.165, 1.54) is 12.8 Å². The van der Waals surface area contributed by atoms with Gasteiger partial charge in [-0.25, -0.2) is 4.98 Å². The normalized spacial score (nSPS) is 26.2. The van der Waals surface area contributed by atoms with Gasteiger partial charge in [0.05, 0.1) is 4.70 Å². The van der Waals surface area contributed by atoms with Crippen LogP contribution in [0.15, 0.2) is 23.7 Å². The van der Waals surface area contributed by atoms with E-state index in [1.54, 1.807) is 17.5 Å². The number of fused-ring (bicyclic) bond motifs is 3. The van der Waals surface area contributed by atoms with Crippen molar-refractivity contribution in [2.24, 2.45) is 0 Å². The van der Waals surface area contributed by atoms with Crippen LogP contribution in [0, 0.1) is 0 Å². The largest absolute Gasteiger partial charge is 0.346 e. The molecule has 4 rings (SSSR count). The number of pyridine rings is 1. The third kappa shape index (κ3) is 3.01. The van der Waals surface area contributed by atoms with Crippen molar-refractivity contribution in [3.8, 4) is 0 Å². The van der Waals surface area contributed by atoms with Crippen LogP contribution in [0.3, 0.4) is 0 Å². The molecule has 1 amide bonds. The Morgan fingerprint density at radius 2 is 2.24 bits per heavy atom. The van der Waals surface area contributed by atoms with Crippen LogP contribution in [0.5, 0.6) is 0 Å². The Morgan fingerprint density at radius 1 is 1.38 bits per heavy atom. The topological polar surface area (TPSA) is 54.0 Å². The van der Waals surface area contributed by atoms with Crippen molar-refractivity contribution in [2.45, 2.75) is 37.4 Å². The maximum Gasteiger partial charge on any atom is 0.270 e. The number of amides is 1. The maximum atomic E-state index is 12.2. The van der Waals surface area contributed by atoms with Crippen molar-refractivity contribution in [1.82, 2.24) is 15.6 Å². The summed E-state index contributed by atoms with van der Waals surface area (Å²) in [6, 6.07) is 5.23. The third-order valence-electron chi connectivity index (χ3n) is 4.19. The van der Waals surface area contributed by atoms with Gasteiger partial charge in [0.15, 0.2) is 0 Å². The predicted octanol–water partition coefficient (Wildman–Crippen LogP) is 2.76. The molecule has 3 atom stereocenters. The van der Waals surface area contributed by atoms with E-state index in [0.717, 1.165) is 16.5 Å². The molecule has 2 bridgehead atoms. The molecule has 2 saturated heterocycles. The van der Waals surface area contributed by atoms with Gasteiger partial charge in [-0.15, -0.1) is 36.2 Å². The van der Waals surface area contributed by atoms with Crippen molar-refractivity contribution in [3.63, 3.8) is 0 Å². The summed E-state index contributed by atoms with van der Waals surface area (Å²) in [7, 11) is 0. The summed E-state index contributed by atoms with van der Waals surface area (Å²) < 4.78 is 1.12. The highest BCUT2D eigenvalue weighted by Crippen LogP contribution is 2.28. The minimum absolute atomic E-state index is 0. The highest BCUT2D eigenvalue weighted by molar-refractivity contribution is 7.17. The Hall–Kier alpha value is -0.880. The highest BCUT2D eigenvalue weighted by Gasteiger charge is 2.39. The molecule has 4 heterocycles. The van der Waals surface area contributed by atoms with Gasteiger partial charge in [-0.2, -0.15) is 0 Å². The average Bonchev–Trinajstić information content (AvgIpc) is 3.13. The molecule has 4 nitrogen and oxygen atoms in total. The van der Waals surface area contributed by atoms with Crippen LogP contribution >= 0.6 is 36.2 Å². The molecule has 2 aliphatic heterocycles. The molecule has 21 heavy (non-hydrogen) atoms. The van der Waals surface area contributed by atoms with E-state index < -0.39 is 0 Å². The van der Waals surface area contributed by atoms with Crippen LogP contribution in [-0.2, 0) is 0 Å². The number of hydrogen-bond donors (Lipinski definition) is 2. The summed E-state index contributed by atoms with van der Waals surface area (Å²) in [6.07, 6.45) is 5.26. The standard InChI is InChI=1S/C14H15N3OS.2ClH/c18-14(17-11-6-9-1-2-10(11)16-9)12-5-8-3-4-19-13(8)7-15-12;;/h3-5,7,9-11,16H,1-2,6H2,(H,17,18);2*1H/t9-,10+,11-;;/m1../s1. The van der Waals surface area contributed by atoms with Crippen LogP contribution in [0.2, 0.25) is 0 Å². The van der Waals surface area contributed by atoms with Gasteiger partial charge in [0.25, 0.3) is 5.91 Å². The summed E-state index contributed by atoms with van der Waals surface area (Å²) >= 11 is 1.65. The molecular formula is C14H17Cl2N3OS. The van der Waals surface area contributed by atoms with E-state index in [-0.39, 0.29) is 36.8 Å². The number of nitrogens with one attached hydrogen (secondary N) is 2. The second-order valence-corrected chi connectivity index (χ2v) is 6.34. The molecule has 2 fully saturated rings. The number of carbonyl (C=O) groups is 1. The molecule has 0 aromatic carbocycles. The quantitative estimate of drug-likeness (QED) is 0.879. The molecular weight excluding hydrogens is 329 g/mol. The van der Waals surface area contributed by atoms with Crippen molar-refractivity contribution in [3.05, 3.63) is 29.4 Å². The summed E-state index contributed by atoms with van der Waals surface area (Å²) in [5.74, 6) is -0.0487. The fourth-order valence-electron chi connectivity index (χ4n) is 3.22. The molecule has 0 spiro atoms. The van der Waals surface area contributed by atoms with Gasteiger partial charge in [-0.05, 0) is 42.2 Å². The molecule has 0 saturated carbocycles. The summed E-state index contributed by atoms with van der Waals surface area (Å²) in [5, 5.41) is 9.77. The molecule has 2 aromatic rings. The van der Waals surface area contributed by atoms with Gasteiger partial charge in [-0.1, -0.05) is 0 Å². The Balaban J connectivity index is 0.000000807. The predicted molar refractivity (Wildman–Crippen MR) is 89.9 cm³/mol. The first-order chi connectivity index (χ1) is 9.29. The summed E-state index contributed by atoms with van der Waals surface area (Å²) in [6.45, 7) is 0. The number of hydrogen-bond acceptors (Lipinski definition) is 4. The van der Waals surface area contributed by atoms with Gasteiger partial charge in [0.2, 0.25) is 0 Å². The number of aromatic nitrogens is 1. The van der Waals surface area contributed by atoms with E-state index in [4.69, 9.17) is 0 Å². The zero-order chi connectivity index (χ0) is 12.8. The molecule has 7 heteroatoms. The third-order valence-corrected chi connectivity index (χ3v) is 5.06. The second-order valence-electron chi connectivity index (χ2n) is 5.39. The van der Waals surface area contributed by atoms with Crippen LogP contribution in [0.25, 0.3) is 10.1 Å².